The van der Waals surface area contributed by atoms with Crippen LogP contribution in [-0.4, -0.2) is 44.9 Å². The molecule has 0 atom stereocenters. The average Bonchev–Trinajstić information content (AvgIpc) is 2.74. The van der Waals surface area contributed by atoms with Crippen molar-refractivity contribution in [2.75, 3.05) is 13.2 Å². The molecular formula is C14H24N4O3. The third-order valence-electron chi connectivity index (χ3n) is 3.45. The third kappa shape index (κ3) is 4.70. The SMILES string of the molecule is CC(C)(C)OC(=O)NCCc1cn(C2CC(CO)C2)nn1. The molecule has 118 valence electrons. The maximum absolute atomic E-state index is 11.5. The molecule has 1 aromatic rings. The van der Waals surface area contributed by atoms with Crippen LogP contribution < -0.4 is 5.32 Å². The zero-order valence-corrected chi connectivity index (χ0v) is 12.9. The summed E-state index contributed by atoms with van der Waals surface area (Å²) in [5.74, 6) is 0.400. The Kier molecular flexibility index (Phi) is 4.82. The van der Waals surface area contributed by atoms with Gasteiger partial charge in [0.25, 0.3) is 0 Å². The van der Waals surface area contributed by atoms with Crippen LogP contribution in [0.15, 0.2) is 6.20 Å². The number of carbonyl (C=O) groups excluding carboxylic acids is 1. The van der Waals surface area contributed by atoms with Crippen LogP contribution in [0, 0.1) is 5.92 Å². The van der Waals surface area contributed by atoms with Crippen molar-refractivity contribution in [2.24, 2.45) is 5.92 Å². The van der Waals surface area contributed by atoms with Gasteiger partial charge in [-0.15, -0.1) is 5.10 Å². The summed E-state index contributed by atoms with van der Waals surface area (Å²) in [4.78, 5) is 11.5. The second kappa shape index (κ2) is 6.43. The molecule has 2 rings (SSSR count). The highest BCUT2D eigenvalue weighted by Crippen LogP contribution is 2.36. The van der Waals surface area contributed by atoms with E-state index in [2.05, 4.69) is 15.6 Å². The molecule has 0 saturated heterocycles. The Morgan fingerprint density at radius 3 is 2.86 bits per heavy atom. The molecule has 0 radical (unpaired) electrons. The van der Waals surface area contributed by atoms with E-state index in [4.69, 9.17) is 9.84 Å². The fourth-order valence-electron chi connectivity index (χ4n) is 2.28. The number of aliphatic hydroxyl groups excluding tert-OH is 1. The van der Waals surface area contributed by atoms with Crippen molar-refractivity contribution < 1.29 is 14.6 Å². The molecule has 0 aromatic carbocycles. The van der Waals surface area contributed by atoms with Gasteiger partial charge in [-0.05, 0) is 39.5 Å². The van der Waals surface area contributed by atoms with E-state index < -0.39 is 11.7 Å². The van der Waals surface area contributed by atoms with Crippen molar-refractivity contribution in [3.8, 4) is 0 Å². The van der Waals surface area contributed by atoms with Gasteiger partial charge >= 0.3 is 6.09 Å². The van der Waals surface area contributed by atoms with Crippen molar-refractivity contribution in [1.29, 1.82) is 0 Å². The Labute approximate surface area is 124 Å². The van der Waals surface area contributed by atoms with Crippen LogP contribution in [-0.2, 0) is 11.2 Å². The van der Waals surface area contributed by atoms with Crippen LogP contribution in [0.1, 0.15) is 45.3 Å². The summed E-state index contributed by atoms with van der Waals surface area (Å²) < 4.78 is 7.01. The molecule has 2 N–H and O–H groups in total. The van der Waals surface area contributed by atoms with Gasteiger partial charge in [0.15, 0.2) is 0 Å². The van der Waals surface area contributed by atoms with Gasteiger partial charge in [0.05, 0.1) is 11.7 Å². The monoisotopic (exact) mass is 296 g/mol. The normalized spacial score (nSPS) is 21.7. The minimum Gasteiger partial charge on any atom is -0.444 e. The average molecular weight is 296 g/mol. The lowest BCUT2D eigenvalue weighted by Gasteiger charge is -2.33. The lowest BCUT2D eigenvalue weighted by atomic mass is 9.81. The molecule has 21 heavy (non-hydrogen) atoms. The Bertz CT molecular complexity index is 475. The third-order valence-corrected chi connectivity index (χ3v) is 3.45. The van der Waals surface area contributed by atoms with Gasteiger partial charge in [0, 0.05) is 25.8 Å². The molecule has 0 aliphatic heterocycles. The molecule has 0 bridgehead atoms. The summed E-state index contributed by atoms with van der Waals surface area (Å²) in [5, 5.41) is 19.9. The van der Waals surface area contributed by atoms with Gasteiger partial charge in [-0.2, -0.15) is 0 Å². The van der Waals surface area contributed by atoms with Crippen LogP contribution in [0.25, 0.3) is 0 Å². The maximum Gasteiger partial charge on any atom is 0.407 e. The molecule has 1 heterocycles. The number of nitrogens with one attached hydrogen (secondary N) is 1. The summed E-state index contributed by atoms with van der Waals surface area (Å²) in [6.07, 6.45) is 4.02. The highest BCUT2D eigenvalue weighted by atomic mass is 16.6. The first-order chi connectivity index (χ1) is 9.87. The van der Waals surface area contributed by atoms with Crippen molar-refractivity contribution in [3.05, 3.63) is 11.9 Å². The molecule has 1 fully saturated rings. The van der Waals surface area contributed by atoms with E-state index in [9.17, 15) is 4.79 Å². The number of hydrogen-bond donors (Lipinski definition) is 2. The zero-order valence-electron chi connectivity index (χ0n) is 12.9. The van der Waals surface area contributed by atoms with Crippen LogP contribution in [0.4, 0.5) is 4.79 Å². The molecule has 0 spiro atoms. The van der Waals surface area contributed by atoms with Crippen molar-refractivity contribution >= 4 is 6.09 Å². The summed E-state index contributed by atoms with van der Waals surface area (Å²) in [5.41, 5.74) is 0.360. The van der Waals surface area contributed by atoms with E-state index in [0.29, 0.717) is 24.9 Å². The van der Waals surface area contributed by atoms with Crippen LogP contribution in [0.5, 0.6) is 0 Å². The summed E-state index contributed by atoms with van der Waals surface area (Å²) in [6, 6.07) is 0.349. The van der Waals surface area contributed by atoms with Crippen LogP contribution in [0.2, 0.25) is 0 Å². The van der Waals surface area contributed by atoms with Gasteiger partial charge < -0.3 is 15.2 Å². The number of hydrogen-bond acceptors (Lipinski definition) is 5. The Hall–Kier alpha value is -1.63. The van der Waals surface area contributed by atoms with E-state index in [1.165, 1.54) is 0 Å². The number of aliphatic hydroxyl groups is 1. The first kappa shape index (κ1) is 15.8. The number of amides is 1. The zero-order chi connectivity index (χ0) is 15.5. The van der Waals surface area contributed by atoms with Gasteiger partial charge in [0.1, 0.15) is 5.60 Å². The van der Waals surface area contributed by atoms with Crippen LogP contribution >= 0.6 is 0 Å². The first-order valence-electron chi connectivity index (χ1n) is 7.36. The molecule has 1 aromatic heterocycles. The minimum atomic E-state index is -0.485. The summed E-state index contributed by atoms with van der Waals surface area (Å²) in [7, 11) is 0. The predicted octanol–water partition coefficient (Wildman–Crippen LogP) is 1.29. The van der Waals surface area contributed by atoms with E-state index in [1.54, 1.807) is 0 Å². The summed E-state index contributed by atoms with van der Waals surface area (Å²) in [6.45, 7) is 6.21. The standard InChI is InChI=1S/C14H24N4O3/c1-14(2,3)21-13(20)15-5-4-11-8-18(17-16-11)12-6-10(7-12)9-19/h8,10,12,19H,4-7,9H2,1-3H3,(H,15,20). The number of carbonyl (C=O) groups is 1. The molecule has 1 aliphatic carbocycles. The largest absolute Gasteiger partial charge is 0.444 e. The summed E-state index contributed by atoms with van der Waals surface area (Å²) >= 11 is 0. The van der Waals surface area contributed by atoms with E-state index in [-0.39, 0.29) is 6.61 Å². The fourth-order valence-corrected chi connectivity index (χ4v) is 2.28. The molecular weight excluding hydrogens is 272 g/mol. The minimum absolute atomic E-state index is 0.248. The van der Waals surface area contributed by atoms with E-state index in [0.717, 1.165) is 18.5 Å². The van der Waals surface area contributed by atoms with Gasteiger partial charge in [-0.25, -0.2) is 9.48 Å². The smallest absolute Gasteiger partial charge is 0.407 e. The Balaban J connectivity index is 1.70. The molecule has 1 aliphatic rings. The quantitative estimate of drug-likeness (QED) is 0.854. The van der Waals surface area contributed by atoms with Crippen molar-refractivity contribution in [3.63, 3.8) is 0 Å². The predicted molar refractivity (Wildman–Crippen MR) is 76.8 cm³/mol. The second-order valence-electron chi connectivity index (χ2n) is 6.54. The van der Waals surface area contributed by atoms with Crippen molar-refractivity contribution in [1.82, 2.24) is 20.3 Å². The molecule has 7 heteroatoms. The number of ether oxygens (including phenoxy) is 1. The fraction of sp³-hybridized carbons (Fsp3) is 0.786. The lowest BCUT2D eigenvalue weighted by Crippen LogP contribution is -2.33. The highest BCUT2D eigenvalue weighted by Gasteiger charge is 2.30. The number of aromatic nitrogens is 3. The van der Waals surface area contributed by atoms with E-state index >= 15 is 0 Å². The molecule has 1 amide bonds. The van der Waals surface area contributed by atoms with Crippen molar-refractivity contribution in [2.45, 2.75) is 51.7 Å². The number of rotatable bonds is 5. The molecule has 7 nitrogen and oxygen atoms in total. The van der Waals surface area contributed by atoms with Gasteiger partial charge in [-0.3, -0.25) is 0 Å². The number of nitrogens with zero attached hydrogens (tertiary/aromatic N) is 3. The second-order valence-corrected chi connectivity index (χ2v) is 6.54. The molecule has 1 saturated carbocycles. The number of alkyl carbamates (subject to hydrolysis) is 1. The van der Waals surface area contributed by atoms with E-state index in [1.807, 2.05) is 31.6 Å². The maximum atomic E-state index is 11.5. The van der Waals surface area contributed by atoms with Gasteiger partial charge in [0.2, 0.25) is 0 Å². The Morgan fingerprint density at radius 1 is 1.52 bits per heavy atom. The van der Waals surface area contributed by atoms with Crippen LogP contribution in [0.3, 0.4) is 0 Å². The van der Waals surface area contributed by atoms with Gasteiger partial charge in [-0.1, -0.05) is 5.21 Å². The molecule has 0 unspecified atom stereocenters. The lowest BCUT2D eigenvalue weighted by molar-refractivity contribution is 0.0528. The topological polar surface area (TPSA) is 89.3 Å². The Morgan fingerprint density at radius 2 is 2.24 bits per heavy atom. The first-order valence-corrected chi connectivity index (χ1v) is 7.36. The highest BCUT2D eigenvalue weighted by molar-refractivity contribution is 5.67.